The Morgan fingerprint density at radius 1 is 0.857 bits per heavy atom. The van der Waals surface area contributed by atoms with Crippen molar-refractivity contribution in [3.05, 3.63) is 0 Å². The Balaban J connectivity index is -0.000000205. The molecule has 6 heteroatoms. The summed E-state index contributed by atoms with van der Waals surface area (Å²) in [6, 6.07) is 0. The van der Waals surface area contributed by atoms with E-state index < -0.39 is 31.8 Å². The second kappa shape index (κ2) is 16.1. The van der Waals surface area contributed by atoms with Crippen LogP contribution in [0, 0.1) is 5.41 Å². The summed E-state index contributed by atoms with van der Waals surface area (Å²) in [6.07, 6.45) is 1.17. The third-order valence-electron chi connectivity index (χ3n) is 1.34. The molecule has 2 unspecified atom stereocenters. The van der Waals surface area contributed by atoms with Gasteiger partial charge < -0.3 is 20.4 Å². The summed E-state index contributed by atoms with van der Waals surface area (Å²) in [6.45, 7) is 2.38. The van der Waals surface area contributed by atoms with E-state index in [1.807, 2.05) is 6.66 Å². The van der Waals surface area contributed by atoms with E-state index in [1.165, 1.54) is 6.16 Å². The number of hydrogen-bond donors (Lipinski definition) is 4. The minimum atomic E-state index is -1.11. The van der Waals surface area contributed by atoms with E-state index in [9.17, 15) is 0 Å². The van der Waals surface area contributed by atoms with Gasteiger partial charge in [0.1, 0.15) is 0 Å². The Morgan fingerprint density at radius 3 is 1.00 bits per heavy atom. The fourth-order valence-corrected chi connectivity index (χ4v) is 0.300. The van der Waals surface area contributed by atoms with Crippen molar-refractivity contribution in [2.75, 3.05) is 39.3 Å². The molecule has 0 rings (SSSR count). The Hall–Kier alpha value is 0.700. The van der Waals surface area contributed by atoms with Gasteiger partial charge in [0.15, 0.2) is 0 Å². The van der Waals surface area contributed by atoms with Crippen LogP contribution in [0.1, 0.15) is 6.92 Å². The van der Waals surface area contributed by atoms with Crippen LogP contribution in [0.3, 0.4) is 0 Å². The number of aliphatic hydroxyl groups excluding tert-OH is 4. The lowest BCUT2D eigenvalue weighted by Gasteiger charge is -2.23. The predicted molar refractivity (Wildman–Crippen MR) is 66.7 cm³/mol. The van der Waals surface area contributed by atoms with Crippen molar-refractivity contribution >= 4 is 18.5 Å². The van der Waals surface area contributed by atoms with Crippen LogP contribution in [0.2, 0.25) is 0 Å². The van der Waals surface area contributed by atoms with Gasteiger partial charge in [-0.2, -0.15) is 0 Å². The topological polar surface area (TPSA) is 80.9 Å². The molecule has 0 saturated carbocycles. The van der Waals surface area contributed by atoms with E-state index in [0.717, 1.165) is 0 Å². The summed E-state index contributed by atoms with van der Waals surface area (Å²) in [4.78, 5) is 0. The van der Waals surface area contributed by atoms with E-state index in [1.54, 1.807) is 0 Å². The lowest BCUT2D eigenvalue weighted by atomic mass is 9.93. The fourth-order valence-electron chi connectivity index (χ4n) is 0.300. The molecule has 14 heavy (non-hydrogen) atoms. The first-order valence-electron chi connectivity index (χ1n) is 4.37. The van der Waals surface area contributed by atoms with Gasteiger partial charge in [0, 0.05) is 0 Å². The molecule has 4 N–H and O–H groups in total. The zero-order valence-corrected chi connectivity index (χ0v) is 11.3. The molecule has 0 aliphatic carbocycles. The quantitative estimate of drug-likeness (QED) is 0.495. The molecule has 0 saturated heterocycles. The molecule has 0 radical (unpaired) electrons. The van der Waals surface area contributed by atoms with Gasteiger partial charge in [-0.3, -0.25) is 0 Å². The maximum absolute atomic E-state index is 8.50. The number of hydrogen-bond acceptors (Lipinski definition) is 4. The van der Waals surface area contributed by atoms with Gasteiger partial charge >= 0.3 is 0 Å². The molecule has 2 atom stereocenters. The van der Waals surface area contributed by atoms with Crippen LogP contribution in [-0.4, -0.2) is 59.7 Å². The largest absolute Gasteiger partial charge is 0.396 e. The third kappa shape index (κ3) is 10.8. The summed E-state index contributed by atoms with van der Waals surface area (Å²) in [7, 11) is 5.00. The first kappa shape index (κ1) is 20.2. The summed E-state index contributed by atoms with van der Waals surface area (Å²) >= 11 is 0. The van der Waals surface area contributed by atoms with Crippen LogP contribution >= 0.6 is 18.5 Å². The normalized spacial score (nSPS) is 9.43. The molecular formula is C8H24O4P2. The second-order valence-electron chi connectivity index (χ2n) is 2.54. The van der Waals surface area contributed by atoms with Crippen molar-refractivity contribution in [2.24, 2.45) is 5.41 Å². The Morgan fingerprint density at radius 2 is 1.00 bits per heavy atom. The minimum Gasteiger partial charge on any atom is -0.396 e. The summed E-state index contributed by atoms with van der Waals surface area (Å²) in [5.74, 6) is 0. The molecule has 0 bridgehead atoms. The third-order valence-corrected chi connectivity index (χ3v) is 1.34. The standard InChI is InChI=1S/C5H12O4.C2H7P.CH5P/c6-1-5(2-7,3-8)4-9;1-2-3;1-2/h6-9H,1-4H2;2-3H2,1H3;2H2,1H3. The minimum absolute atomic E-state index is 0.406. The first-order valence-corrected chi connectivity index (χ1v) is 6.34. The Bertz CT molecular complexity index is 71.9. The van der Waals surface area contributed by atoms with Gasteiger partial charge in [0.2, 0.25) is 0 Å². The SMILES string of the molecule is CCP.CP.OCC(CO)(CO)CO. The summed E-state index contributed by atoms with van der Waals surface area (Å²) in [5, 5.41) is 34.0. The highest BCUT2D eigenvalue weighted by Crippen LogP contribution is 2.11. The second-order valence-corrected chi connectivity index (χ2v) is 3.36. The molecule has 0 amide bonds. The van der Waals surface area contributed by atoms with E-state index in [4.69, 9.17) is 20.4 Å². The summed E-state index contributed by atoms with van der Waals surface area (Å²) < 4.78 is 0. The van der Waals surface area contributed by atoms with Crippen molar-refractivity contribution < 1.29 is 20.4 Å². The van der Waals surface area contributed by atoms with Crippen molar-refractivity contribution in [1.29, 1.82) is 0 Å². The average Bonchev–Trinajstić information content (AvgIpc) is 2.26. The van der Waals surface area contributed by atoms with Gasteiger partial charge in [-0.05, 0) is 6.16 Å². The molecule has 0 aliphatic heterocycles. The molecule has 0 aliphatic rings. The lowest BCUT2D eigenvalue weighted by Crippen LogP contribution is -2.37. The summed E-state index contributed by atoms with van der Waals surface area (Å²) in [5.41, 5.74) is -1.11. The number of aliphatic hydroxyl groups is 4. The van der Waals surface area contributed by atoms with Crippen molar-refractivity contribution in [3.8, 4) is 0 Å². The van der Waals surface area contributed by atoms with Crippen LogP contribution in [0.25, 0.3) is 0 Å². The fraction of sp³-hybridized carbons (Fsp3) is 1.00. The monoisotopic (exact) mass is 246 g/mol. The molecule has 0 spiro atoms. The van der Waals surface area contributed by atoms with Crippen LogP contribution in [0.4, 0.5) is 0 Å². The van der Waals surface area contributed by atoms with Crippen LogP contribution in [0.15, 0.2) is 0 Å². The molecule has 4 nitrogen and oxygen atoms in total. The van der Waals surface area contributed by atoms with Crippen LogP contribution < -0.4 is 0 Å². The van der Waals surface area contributed by atoms with Crippen LogP contribution in [0.5, 0.6) is 0 Å². The number of rotatable bonds is 4. The Labute approximate surface area is 91.1 Å². The lowest BCUT2D eigenvalue weighted by molar-refractivity contribution is -0.0328. The van der Waals surface area contributed by atoms with Gasteiger partial charge in [-0.15, -0.1) is 18.5 Å². The zero-order chi connectivity index (χ0) is 12.0. The molecule has 0 heterocycles. The Kier molecular flexibility index (Phi) is 23.2. The highest BCUT2D eigenvalue weighted by atomic mass is 31.0. The van der Waals surface area contributed by atoms with E-state index in [2.05, 4.69) is 25.4 Å². The van der Waals surface area contributed by atoms with E-state index in [-0.39, 0.29) is 0 Å². The van der Waals surface area contributed by atoms with Gasteiger partial charge in [0.05, 0.1) is 31.8 Å². The molecular weight excluding hydrogens is 222 g/mol. The highest BCUT2D eigenvalue weighted by Gasteiger charge is 2.26. The van der Waals surface area contributed by atoms with Gasteiger partial charge in [-0.25, -0.2) is 0 Å². The van der Waals surface area contributed by atoms with Crippen molar-refractivity contribution in [1.82, 2.24) is 0 Å². The highest BCUT2D eigenvalue weighted by molar-refractivity contribution is 7.16. The molecule has 0 aromatic rings. The van der Waals surface area contributed by atoms with E-state index >= 15 is 0 Å². The molecule has 0 fully saturated rings. The smallest absolute Gasteiger partial charge is 0.0627 e. The first-order chi connectivity index (χ1) is 6.66. The molecule has 0 aromatic heterocycles. The van der Waals surface area contributed by atoms with Gasteiger partial charge in [0.25, 0.3) is 0 Å². The zero-order valence-electron chi connectivity index (χ0n) is 8.98. The van der Waals surface area contributed by atoms with Gasteiger partial charge in [-0.1, -0.05) is 13.6 Å². The van der Waals surface area contributed by atoms with E-state index in [0.29, 0.717) is 0 Å². The molecule has 90 valence electrons. The maximum atomic E-state index is 8.50. The maximum Gasteiger partial charge on any atom is 0.0627 e. The van der Waals surface area contributed by atoms with Crippen LogP contribution in [-0.2, 0) is 0 Å². The predicted octanol–water partition coefficient (Wildman–Crippen LogP) is -0.685. The van der Waals surface area contributed by atoms with Crippen molar-refractivity contribution in [2.45, 2.75) is 6.92 Å². The molecule has 0 aromatic carbocycles. The van der Waals surface area contributed by atoms with Crippen molar-refractivity contribution in [3.63, 3.8) is 0 Å². The average molecular weight is 246 g/mol.